The monoisotopic (exact) mass is 275 g/mol. The van der Waals surface area contributed by atoms with Crippen LogP contribution in [-0.2, 0) is 11.2 Å². The highest BCUT2D eigenvalue weighted by molar-refractivity contribution is 5.67. The van der Waals surface area contributed by atoms with Crippen molar-refractivity contribution in [2.45, 2.75) is 25.7 Å². The minimum atomic E-state index is -0.179. The first kappa shape index (κ1) is 14.9. The average molecular weight is 275 g/mol. The van der Waals surface area contributed by atoms with Crippen molar-refractivity contribution in [3.8, 4) is 0 Å². The summed E-state index contributed by atoms with van der Waals surface area (Å²) in [5.41, 5.74) is 1.34. The van der Waals surface area contributed by atoms with E-state index in [1.54, 1.807) is 4.90 Å². The second-order valence-electron chi connectivity index (χ2n) is 5.07. The number of carbonyl (C=O) groups excluding carboxylic acids is 1. The molecule has 4 nitrogen and oxygen atoms in total. The van der Waals surface area contributed by atoms with Crippen LogP contribution in [0, 0.1) is 0 Å². The molecule has 4 heteroatoms. The van der Waals surface area contributed by atoms with Crippen LogP contribution in [0.1, 0.15) is 24.8 Å². The molecule has 20 heavy (non-hydrogen) atoms. The van der Waals surface area contributed by atoms with Gasteiger partial charge in [0.25, 0.3) is 0 Å². The fraction of sp³-hybridized carbons (Fsp3) is 0.562. The van der Waals surface area contributed by atoms with Gasteiger partial charge in [-0.2, -0.15) is 0 Å². The zero-order valence-corrected chi connectivity index (χ0v) is 12.0. The van der Waals surface area contributed by atoms with Gasteiger partial charge in [-0.25, -0.2) is 10.1 Å². The molecular weight excluding hydrogens is 252 g/mol. The Bertz CT molecular complexity index is 387. The first-order valence-electron chi connectivity index (χ1n) is 7.45. The Hall–Kier alpha value is -1.55. The van der Waals surface area contributed by atoms with Gasteiger partial charge < -0.3 is 9.64 Å². The van der Waals surface area contributed by atoms with E-state index in [1.165, 1.54) is 5.56 Å². The molecule has 1 saturated heterocycles. The van der Waals surface area contributed by atoms with Gasteiger partial charge in [-0.05, 0) is 31.2 Å². The predicted octanol–water partition coefficient (Wildman–Crippen LogP) is 2.46. The van der Waals surface area contributed by atoms with Crippen LogP contribution < -0.4 is 5.32 Å². The standard InChI is InChI=1S/C16H23N2O2/c19-16(18-12-6-10-17-11-13-18)20-14-5-4-9-15-7-2-1-3-8-15/h1-3,7-8H,4-6,9-14H2. The number of benzene rings is 1. The number of ether oxygens (including phenoxy) is 1. The van der Waals surface area contributed by atoms with Gasteiger partial charge in [0.1, 0.15) is 0 Å². The molecule has 2 rings (SSSR count). The van der Waals surface area contributed by atoms with Crippen LogP contribution in [0.5, 0.6) is 0 Å². The lowest BCUT2D eigenvalue weighted by Gasteiger charge is -2.19. The van der Waals surface area contributed by atoms with E-state index in [0.29, 0.717) is 13.2 Å². The number of hydrogen-bond acceptors (Lipinski definition) is 2. The molecule has 1 fully saturated rings. The lowest BCUT2D eigenvalue weighted by atomic mass is 10.1. The molecular formula is C16H23N2O2. The molecule has 0 spiro atoms. The number of unbranched alkanes of at least 4 members (excludes halogenated alkanes) is 1. The van der Waals surface area contributed by atoms with Crippen molar-refractivity contribution in [1.29, 1.82) is 0 Å². The van der Waals surface area contributed by atoms with E-state index in [4.69, 9.17) is 4.74 Å². The summed E-state index contributed by atoms with van der Waals surface area (Å²) in [6.45, 7) is 3.58. The van der Waals surface area contributed by atoms with Crippen LogP contribution >= 0.6 is 0 Å². The molecule has 1 aromatic rings. The van der Waals surface area contributed by atoms with Crippen LogP contribution in [0.3, 0.4) is 0 Å². The van der Waals surface area contributed by atoms with Gasteiger partial charge in [0.15, 0.2) is 0 Å². The number of rotatable bonds is 5. The number of amides is 1. The van der Waals surface area contributed by atoms with Gasteiger partial charge in [0.05, 0.1) is 6.61 Å². The number of carbonyl (C=O) groups is 1. The molecule has 1 aromatic carbocycles. The Morgan fingerprint density at radius 1 is 1.15 bits per heavy atom. The van der Waals surface area contributed by atoms with Gasteiger partial charge >= 0.3 is 6.09 Å². The smallest absolute Gasteiger partial charge is 0.409 e. The maximum absolute atomic E-state index is 11.8. The molecule has 0 N–H and O–H groups in total. The zero-order chi connectivity index (χ0) is 14.0. The van der Waals surface area contributed by atoms with Crippen molar-refractivity contribution >= 4 is 6.09 Å². The summed E-state index contributed by atoms with van der Waals surface area (Å²) in [5, 5.41) is 4.30. The summed E-state index contributed by atoms with van der Waals surface area (Å²) in [7, 11) is 0. The molecule has 1 heterocycles. The topological polar surface area (TPSA) is 43.6 Å². The first-order valence-corrected chi connectivity index (χ1v) is 7.45. The van der Waals surface area contributed by atoms with Crippen LogP contribution in [0.25, 0.3) is 0 Å². The zero-order valence-electron chi connectivity index (χ0n) is 12.0. The lowest BCUT2D eigenvalue weighted by molar-refractivity contribution is 0.103. The largest absolute Gasteiger partial charge is 0.449 e. The first-order chi connectivity index (χ1) is 9.86. The van der Waals surface area contributed by atoms with Crippen molar-refractivity contribution < 1.29 is 9.53 Å². The third kappa shape index (κ3) is 5.21. The normalized spacial score (nSPS) is 15.7. The number of nitrogens with zero attached hydrogens (tertiary/aromatic N) is 2. The molecule has 0 saturated carbocycles. The van der Waals surface area contributed by atoms with Crippen molar-refractivity contribution in [2.75, 3.05) is 32.8 Å². The Morgan fingerprint density at radius 3 is 2.85 bits per heavy atom. The second kappa shape index (κ2) is 8.59. The van der Waals surface area contributed by atoms with Crippen LogP contribution in [-0.4, -0.2) is 43.8 Å². The summed E-state index contributed by atoms with van der Waals surface area (Å²) in [6, 6.07) is 10.4. The summed E-state index contributed by atoms with van der Waals surface area (Å²) >= 11 is 0. The molecule has 0 aliphatic carbocycles. The molecule has 0 bridgehead atoms. The van der Waals surface area contributed by atoms with E-state index >= 15 is 0 Å². The summed E-state index contributed by atoms with van der Waals surface area (Å²) in [4.78, 5) is 13.6. The Labute approximate surface area is 121 Å². The summed E-state index contributed by atoms with van der Waals surface area (Å²) < 4.78 is 5.32. The predicted molar refractivity (Wildman–Crippen MR) is 78.8 cm³/mol. The van der Waals surface area contributed by atoms with Gasteiger partial charge in [-0.1, -0.05) is 30.3 Å². The average Bonchev–Trinajstić information content (AvgIpc) is 2.77. The van der Waals surface area contributed by atoms with Gasteiger partial charge in [0.2, 0.25) is 0 Å². The number of hydrogen-bond donors (Lipinski definition) is 0. The molecule has 0 atom stereocenters. The highest BCUT2D eigenvalue weighted by atomic mass is 16.6. The third-order valence-corrected chi connectivity index (χ3v) is 3.46. The molecule has 1 radical (unpaired) electrons. The molecule has 0 aromatic heterocycles. The highest BCUT2D eigenvalue weighted by Gasteiger charge is 2.16. The molecule has 109 valence electrons. The van der Waals surface area contributed by atoms with Crippen molar-refractivity contribution in [2.24, 2.45) is 0 Å². The van der Waals surface area contributed by atoms with Gasteiger partial charge in [-0.15, -0.1) is 0 Å². The van der Waals surface area contributed by atoms with E-state index in [1.807, 2.05) is 6.07 Å². The maximum atomic E-state index is 11.8. The quantitative estimate of drug-likeness (QED) is 0.775. The third-order valence-electron chi connectivity index (χ3n) is 3.46. The Morgan fingerprint density at radius 2 is 2.00 bits per heavy atom. The minimum Gasteiger partial charge on any atom is -0.449 e. The highest BCUT2D eigenvalue weighted by Crippen LogP contribution is 2.05. The number of aryl methyl sites for hydroxylation is 1. The summed E-state index contributed by atoms with van der Waals surface area (Å²) in [6.07, 6.45) is 3.78. The summed E-state index contributed by atoms with van der Waals surface area (Å²) in [5.74, 6) is 0. The van der Waals surface area contributed by atoms with Crippen LogP contribution in [0.4, 0.5) is 4.79 Å². The maximum Gasteiger partial charge on any atom is 0.409 e. The fourth-order valence-electron chi connectivity index (χ4n) is 2.30. The Kier molecular flexibility index (Phi) is 6.38. The van der Waals surface area contributed by atoms with E-state index in [9.17, 15) is 4.79 Å². The van der Waals surface area contributed by atoms with Gasteiger partial charge in [-0.3, -0.25) is 0 Å². The van der Waals surface area contributed by atoms with E-state index in [2.05, 4.69) is 29.6 Å². The SMILES string of the molecule is O=C(OCCCCc1ccccc1)N1CCC[N]CC1. The fourth-order valence-corrected chi connectivity index (χ4v) is 2.30. The van der Waals surface area contributed by atoms with E-state index in [0.717, 1.165) is 45.3 Å². The molecule has 1 aliphatic rings. The van der Waals surface area contributed by atoms with Crippen LogP contribution in [0.15, 0.2) is 30.3 Å². The van der Waals surface area contributed by atoms with Crippen molar-refractivity contribution in [1.82, 2.24) is 10.2 Å². The Balaban J connectivity index is 1.57. The molecule has 0 unspecified atom stereocenters. The van der Waals surface area contributed by atoms with Crippen molar-refractivity contribution in [3.63, 3.8) is 0 Å². The minimum absolute atomic E-state index is 0.179. The van der Waals surface area contributed by atoms with E-state index in [-0.39, 0.29) is 6.09 Å². The van der Waals surface area contributed by atoms with Crippen molar-refractivity contribution in [3.05, 3.63) is 35.9 Å². The molecule has 1 amide bonds. The molecule has 1 aliphatic heterocycles. The lowest BCUT2D eigenvalue weighted by Crippen LogP contribution is -2.34. The second-order valence-corrected chi connectivity index (χ2v) is 5.07. The van der Waals surface area contributed by atoms with E-state index < -0.39 is 0 Å². The van der Waals surface area contributed by atoms with Crippen LogP contribution in [0.2, 0.25) is 0 Å². The van der Waals surface area contributed by atoms with Gasteiger partial charge in [0, 0.05) is 26.2 Å².